The summed E-state index contributed by atoms with van der Waals surface area (Å²) in [7, 11) is 0. The van der Waals surface area contributed by atoms with Gasteiger partial charge in [0.1, 0.15) is 0 Å². The van der Waals surface area contributed by atoms with Gasteiger partial charge in [-0.1, -0.05) is 91.0 Å². The van der Waals surface area contributed by atoms with Gasteiger partial charge in [0.25, 0.3) is 5.91 Å². The quantitative estimate of drug-likeness (QED) is 0.609. The number of rotatable bonds is 5. The van der Waals surface area contributed by atoms with Crippen LogP contribution in [0.5, 0.6) is 0 Å². The van der Waals surface area contributed by atoms with Crippen molar-refractivity contribution in [3.8, 4) is 0 Å². The maximum Gasteiger partial charge on any atom is 0.264 e. The Kier molecular flexibility index (Phi) is 4.10. The average molecular weight is 367 g/mol. The Hall–Kier alpha value is -3.17. The predicted molar refractivity (Wildman–Crippen MR) is 108 cm³/mol. The van der Waals surface area contributed by atoms with Gasteiger partial charge in [0.05, 0.1) is 12.6 Å². The standard InChI is InChI=1S/C25H21NO2/c27-24-25(28-18-20-11-5-2-6-12-20)16-15-23(21-13-7-8-14-22(21)25)26(24)17-19-9-3-1-4-10-19/h1-16,23H,17-18H2/t23-,25-/m0/s1. The zero-order chi connectivity index (χ0) is 19.0. The lowest BCUT2D eigenvalue weighted by atomic mass is 9.75. The summed E-state index contributed by atoms with van der Waals surface area (Å²) in [6, 6.07) is 28.2. The number of hydrogen-bond donors (Lipinski definition) is 0. The van der Waals surface area contributed by atoms with Crippen molar-refractivity contribution in [1.29, 1.82) is 0 Å². The highest BCUT2D eigenvalue weighted by Crippen LogP contribution is 2.48. The summed E-state index contributed by atoms with van der Waals surface area (Å²) in [5.74, 6) is 0.0125. The Bertz CT molecular complexity index is 1030. The van der Waals surface area contributed by atoms with Crippen LogP contribution in [-0.4, -0.2) is 10.8 Å². The van der Waals surface area contributed by atoms with Crippen molar-refractivity contribution < 1.29 is 9.53 Å². The molecule has 6 rings (SSSR count). The van der Waals surface area contributed by atoms with E-state index in [1.807, 2.05) is 77.7 Å². The summed E-state index contributed by atoms with van der Waals surface area (Å²) in [6.07, 6.45) is 4.06. The second-order valence-corrected chi connectivity index (χ2v) is 7.32. The molecule has 28 heavy (non-hydrogen) atoms. The minimum atomic E-state index is -1.06. The molecule has 2 bridgehead atoms. The SMILES string of the molecule is O=C1N(Cc2ccccc2)[C@H]2C=C[C@]1(OCc1ccccc1)c1ccccc12. The number of amides is 1. The van der Waals surface area contributed by atoms with E-state index in [2.05, 4.69) is 24.3 Å². The summed E-state index contributed by atoms with van der Waals surface area (Å²) in [4.78, 5) is 15.6. The van der Waals surface area contributed by atoms with Gasteiger partial charge in [-0.25, -0.2) is 0 Å². The molecule has 3 heteroatoms. The molecule has 3 aromatic carbocycles. The first kappa shape index (κ1) is 17.0. The molecule has 138 valence electrons. The summed E-state index contributed by atoms with van der Waals surface area (Å²) in [5.41, 5.74) is 3.22. The molecule has 2 heterocycles. The first-order valence-electron chi connectivity index (χ1n) is 9.59. The lowest BCUT2D eigenvalue weighted by Crippen LogP contribution is -2.55. The molecule has 0 unspecified atom stereocenters. The van der Waals surface area contributed by atoms with Crippen molar-refractivity contribution >= 4 is 5.91 Å². The third kappa shape index (κ3) is 2.67. The Morgan fingerprint density at radius 1 is 0.821 bits per heavy atom. The Morgan fingerprint density at radius 3 is 2.21 bits per heavy atom. The van der Waals surface area contributed by atoms with E-state index in [1.165, 1.54) is 0 Å². The van der Waals surface area contributed by atoms with E-state index in [1.54, 1.807) is 0 Å². The number of carbonyl (C=O) groups is 1. The Balaban J connectivity index is 1.53. The van der Waals surface area contributed by atoms with E-state index in [0.29, 0.717) is 13.2 Å². The van der Waals surface area contributed by atoms with Crippen LogP contribution in [0.15, 0.2) is 97.1 Å². The van der Waals surface area contributed by atoms with Crippen LogP contribution in [-0.2, 0) is 28.3 Å². The maximum absolute atomic E-state index is 13.6. The third-order valence-electron chi connectivity index (χ3n) is 5.61. The lowest BCUT2D eigenvalue weighted by Gasteiger charge is -2.48. The molecule has 1 aliphatic carbocycles. The zero-order valence-electron chi connectivity index (χ0n) is 15.5. The first-order valence-corrected chi connectivity index (χ1v) is 9.59. The molecule has 0 aromatic heterocycles. The second-order valence-electron chi connectivity index (χ2n) is 7.32. The maximum atomic E-state index is 13.6. The fourth-order valence-corrected chi connectivity index (χ4v) is 4.22. The van der Waals surface area contributed by atoms with Gasteiger partial charge >= 0.3 is 0 Å². The molecule has 0 saturated carbocycles. The highest BCUT2D eigenvalue weighted by Gasteiger charge is 2.52. The minimum Gasteiger partial charge on any atom is -0.352 e. The number of nitrogens with zero attached hydrogens (tertiary/aromatic N) is 1. The first-order chi connectivity index (χ1) is 13.8. The van der Waals surface area contributed by atoms with Crippen LogP contribution in [0.25, 0.3) is 0 Å². The van der Waals surface area contributed by atoms with Gasteiger partial charge in [-0.2, -0.15) is 0 Å². The molecule has 2 atom stereocenters. The molecule has 3 aliphatic rings. The van der Waals surface area contributed by atoms with E-state index in [9.17, 15) is 4.79 Å². The van der Waals surface area contributed by atoms with Crippen molar-refractivity contribution in [1.82, 2.24) is 4.90 Å². The molecule has 0 spiro atoms. The van der Waals surface area contributed by atoms with E-state index < -0.39 is 5.60 Å². The van der Waals surface area contributed by atoms with Crippen molar-refractivity contribution in [2.24, 2.45) is 0 Å². The molecule has 0 N–H and O–H groups in total. The third-order valence-corrected chi connectivity index (χ3v) is 5.61. The molecular formula is C25H21NO2. The van der Waals surface area contributed by atoms with Crippen LogP contribution in [0.1, 0.15) is 28.3 Å². The number of carbonyl (C=O) groups excluding carboxylic acids is 1. The van der Waals surface area contributed by atoms with Crippen LogP contribution in [0.3, 0.4) is 0 Å². The molecule has 0 saturated heterocycles. The van der Waals surface area contributed by atoms with Crippen LogP contribution in [0.4, 0.5) is 0 Å². The van der Waals surface area contributed by atoms with Gasteiger partial charge in [-0.15, -0.1) is 0 Å². The highest BCUT2D eigenvalue weighted by molar-refractivity contribution is 5.93. The molecule has 0 radical (unpaired) electrons. The minimum absolute atomic E-state index is 0.0125. The van der Waals surface area contributed by atoms with Gasteiger partial charge in [0, 0.05) is 12.1 Å². The van der Waals surface area contributed by atoms with Gasteiger partial charge in [-0.05, 0) is 22.8 Å². The average Bonchev–Trinajstić information content (AvgIpc) is 2.77. The molecule has 3 nitrogen and oxygen atoms in total. The van der Waals surface area contributed by atoms with Crippen molar-refractivity contribution in [3.05, 3.63) is 119 Å². The Labute approximate surface area is 164 Å². The van der Waals surface area contributed by atoms with Crippen LogP contribution in [0, 0.1) is 0 Å². The number of ether oxygens (including phenoxy) is 1. The van der Waals surface area contributed by atoms with Gasteiger partial charge < -0.3 is 9.64 Å². The fourth-order valence-electron chi connectivity index (χ4n) is 4.22. The summed E-state index contributed by atoms with van der Waals surface area (Å²) < 4.78 is 6.37. The van der Waals surface area contributed by atoms with Crippen LogP contribution >= 0.6 is 0 Å². The highest BCUT2D eigenvalue weighted by atomic mass is 16.5. The summed E-state index contributed by atoms with van der Waals surface area (Å²) >= 11 is 0. The smallest absolute Gasteiger partial charge is 0.264 e. The van der Waals surface area contributed by atoms with Crippen molar-refractivity contribution in [3.63, 3.8) is 0 Å². The monoisotopic (exact) mass is 367 g/mol. The number of benzene rings is 3. The van der Waals surface area contributed by atoms with Crippen LogP contribution < -0.4 is 0 Å². The van der Waals surface area contributed by atoms with E-state index in [0.717, 1.165) is 22.3 Å². The van der Waals surface area contributed by atoms with Crippen LogP contribution in [0.2, 0.25) is 0 Å². The fraction of sp³-hybridized carbons (Fsp3) is 0.160. The van der Waals surface area contributed by atoms with Gasteiger partial charge in [-0.3, -0.25) is 4.79 Å². The number of hydrogen-bond acceptors (Lipinski definition) is 2. The summed E-state index contributed by atoms with van der Waals surface area (Å²) in [6.45, 7) is 0.953. The molecule has 1 amide bonds. The van der Waals surface area contributed by atoms with E-state index in [-0.39, 0.29) is 11.9 Å². The molecule has 0 fully saturated rings. The van der Waals surface area contributed by atoms with Crippen molar-refractivity contribution in [2.45, 2.75) is 24.8 Å². The van der Waals surface area contributed by atoms with Crippen molar-refractivity contribution in [2.75, 3.05) is 0 Å². The second kappa shape index (κ2) is 6.77. The zero-order valence-corrected chi connectivity index (χ0v) is 15.5. The lowest BCUT2D eigenvalue weighted by molar-refractivity contribution is -0.163. The summed E-state index contributed by atoms with van der Waals surface area (Å²) in [5, 5.41) is 0. The molecule has 3 aromatic rings. The topological polar surface area (TPSA) is 29.5 Å². The van der Waals surface area contributed by atoms with Gasteiger partial charge in [0.2, 0.25) is 0 Å². The molecule has 2 aliphatic heterocycles. The normalized spacial score (nSPS) is 22.4. The Morgan fingerprint density at radius 2 is 1.46 bits per heavy atom. The van der Waals surface area contributed by atoms with E-state index in [4.69, 9.17) is 4.74 Å². The van der Waals surface area contributed by atoms with E-state index >= 15 is 0 Å². The largest absolute Gasteiger partial charge is 0.352 e. The predicted octanol–water partition coefficient (Wildman–Crippen LogP) is 4.75. The number of fused-ring (bicyclic) bond motifs is 1. The van der Waals surface area contributed by atoms with Gasteiger partial charge in [0.15, 0.2) is 5.60 Å². The molecular weight excluding hydrogens is 346 g/mol.